The van der Waals surface area contributed by atoms with Crippen LogP contribution in [-0.4, -0.2) is 16.0 Å². The summed E-state index contributed by atoms with van der Waals surface area (Å²) in [4.78, 5) is 10.9. The van der Waals surface area contributed by atoms with Crippen LogP contribution in [0.5, 0.6) is 0 Å². The Bertz CT molecular complexity index is 567. The van der Waals surface area contributed by atoms with Crippen LogP contribution in [0.2, 0.25) is 0 Å². The van der Waals surface area contributed by atoms with E-state index in [0.29, 0.717) is 18.4 Å². The van der Waals surface area contributed by atoms with E-state index in [0.717, 1.165) is 12.2 Å². The molecule has 1 aromatic heterocycles. The van der Waals surface area contributed by atoms with Crippen molar-refractivity contribution in [3.8, 4) is 0 Å². The second-order valence-corrected chi connectivity index (χ2v) is 4.59. The number of aromatic nitrogens is 2. The van der Waals surface area contributed by atoms with Crippen LogP contribution in [-0.2, 0) is 13.0 Å². The van der Waals surface area contributed by atoms with Gasteiger partial charge in [-0.1, -0.05) is 18.2 Å². The van der Waals surface area contributed by atoms with Crippen LogP contribution >= 0.6 is 0 Å². The predicted octanol–water partition coefficient (Wildman–Crippen LogP) is 2.02. The monoisotopic (exact) mass is 240 g/mol. The molecule has 3 rings (SSSR count). The molecule has 0 saturated heterocycles. The molecule has 4 heteroatoms. The second kappa shape index (κ2) is 4.38. The van der Waals surface area contributed by atoms with Crippen molar-refractivity contribution >= 4 is 11.5 Å². The van der Waals surface area contributed by atoms with Gasteiger partial charge in [-0.2, -0.15) is 0 Å². The van der Waals surface area contributed by atoms with Gasteiger partial charge in [0.1, 0.15) is 11.6 Å². The standard InChI is InChI=1S/C14H16N4/c1-10-8-11-4-2-3-5-12(11)18(10)14-6-7-16-13(9-15)17-14/h2-7,10H,8-9,15H2,1H3. The lowest BCUT2D eigenvalue weighted by Crippen LogP contribution is -2.25. The third-order valence-electron chi connectivity index (χ3n) is 3.33. The zero-order valence-corrected chi connectivity index (χ0v) is 10.4. The zero-order chi connectivity index (χ0) is 12.5. The van der Waals surface area contributed by atoms with Crippen molar-refractivity contribution in [2.45, 2.75) is 25.9 Å². The van der Waals surface area contributed by atoms with Crippen molar-refractivity contribution in [2.75, 3.05) is 4.90 Å². The largest absolute Gasteiger partial charge is 0.324 e. The molecule has 18 heavy (non-hydrogen) atoms. The Kier molecular flexibility index (Phi) is 2.72. The summed E-state index contributed by atoms with van der Waals surface area (Å²) in [7, 11) is 0. The molecule has 1 aliphatic rings. The number of benzene rings is 1. The quantitative estimate of drug-likeness (QED) is 0.872. The van der Waals surface area contributed by atoms with Gasteiger partial charge < -0.3 is 10.6 Å². The molecule has 0 saturated carbocycles. The Morgan fingerprint density at radius 3 is 3.00 bits per heavy atom. The fourth-order valence-corrected chi connectivity index (χ4v) is 2.54. The van der Waals surface area contributed by atoms with Crippen LogP contribution < -0.4 is 10.6 Å². The van der Waals surface area contributed by atoms with Crippen LogP contribution in [0.1, 0.15) is 18.3 Å². The van der Waals surface area contributed by atoms with Gasteiger partial charge in [0.25, 0.3) is 0 Å². The molecule has 1 aromatic carbocycles. The SMILES string of the molecule is CC1Cc2ccccc2N1c1ccnc(CN)n1. The van der Waals surface area contributed by atoms with Crippen molar-refractivity contribution in [3.63, 3.8) is 0 Å². The summed E-state index contributed by atoms with van der Waals surface area (Å²) < 4.78 is 0. The molecule has 0 aliphatic carbocycles. The van der Waals surface area contributed by atoms with Crippen molar-refractivity contribution in [1.29, 1.82) is 0 Å². The van der Waals surface area contributed by atoms with Gasteiger partial charge in [-0.15, -0.1) is 0 Å². The highest BCUT2D eigenvalue weighted by Crippen LogP contribution is 2.36. The van der Waals surface area contributed by atoms with E-state index in [2.05, 4.69) is 46.1 Å². The van der Waals surface area contributed by atoms with Gasteiger partial charge in [0.05, 0.1) is 6.54 Å². The highest BCUT2D eigenvalue weighted by Gasteiger charge is 2.27. The molecular weight excluding hydrogens is 224 g/mol. The molecule has 2 aromatic rings. The summed E-state index contributed by atoms with van der Waals surface area (Å²) in [6.45, 7) is 2.59. The number of nitrogens with zero attached hydrogens (tertiary/aromatic N) is 3. The summed E-state index contributed by atoms with van der Waals surface area (Å²) in [6, 6.07) is 10.8. The minimum absolute atomic E-state index is 0.373. The number of anilines is 2. The van der Waals surface area contributed by atoms with Gasteiger partial charge >= 0.3 is 0 Å². The van der Waals surface area contributed by atoms with E-state index in [1.54, 1.807) is 6.20 Å². The lowest BCUT2D eigenvalue weighted by Gasteiger charge is -2.23. The van der Waals surface area contributed by atoms with Crippen molar-refractivity contribution in [2.24, 2.45) is 5.73 Å². The molecule has 4 nitrogen and oxygen atoms in total. The van der Waals surface area contributed by atoms with Crippen molar-refractivity contribution < 1.29 is 0 Å². The van der Waals surface area contributed by atoms with E-state index < -0.39 is 0 Å². The smallest absolute Gasteiger partial charge is 0.144 e. The topological polar surface area (TPSA) is 55.0 Å². The molecule has 0 radical (unpaired) electrons. The first-order valence-corrected chi connectivity index (χ1v) is 6.18. The normalized spacial score (nSPS) is 17.9. The number of hydrogen-bond donors (Lipinski definition) is 1. The average Bonchev–Trinajstić information content (AvgIpc) is 2.74. The van der Waals surface area contributed by atoms with Crippen molar-refractivity contribution in [1.82, 2.24) is 9.97 Å². The van der Waals surface area contributed by atoms with Crippen LogP contribution in [0.4, 0.5) is 11.5 Å². The molecule has 0 fully saturated rings. The molecule has 0 amide bonds. The molecule has 2 heterocycles. The Hall–Kier alpha value is -1.94. The Morgan fingerprint density at radius 1 is 1.33 bits per heavy atom. The van der Waals surface area contributed by atoms with E-state index in [1.807, 2.05) is 6.07 Å². The number of para-hydroxylation sites is 1. The fraction of sp³-hybridized carbons (Fsp3) is 0.286. The molecule has 0 spiro atoms. The van der Waals surface area contributed by atoms with Gasteiger partial charge in [-0.25, -0.2) is 9.97 Å². The summed E-state index contributed by atoms with van der Waals surface area (Å²) in [6.07, 6.45) is 2.83. The highest BCUT2D eigenvalue weighted by atomic mass is 15.2. The minimum atomic E-state index is 0.373. The Morgan fingerprint density at radius 2 is 2.17 bits per heavy atom. The summed E-state index contributed by atoms with van der Waals surface area (Å²) in [5, 5.41) is 0. The molecule has 2 N–H and O–H groups in total. The third-order valence-corrected chi connectivity index (χ3v) is 3.33. The van der Waals surface area contributed by atoms with Crippen molar-refractivity contribution in [3.05, 3.63) is 47.9 Å². The van der Waals surface area contributed by atoms with Gasteiger partial charge in [-0.3, -0.25) is 0 Å². The number of rotatable bonds is 2. The maximum Gasteiger partial charge on any atom is 0.144 e. The maximum absolute atomic E-state index is 5.60. The first-order chi connectivity index (χ1) is 8.79. The van der Waals surface area contributed by atoms with Gasteiger partial charge in [0.15, 0.2) is 0 Å². The molecule has 1 aliphatic heterocycles. The predicted molar refractivity (Wildman–Crippen MR) is 71.7 cm³/mol. The zero-order valence-electron chi connectivity index (χ0n) is 10.4. The average molecular weight is 240 g/mol. The summed E-state index contributed by atoms with van der Waals surface area (Å²) >= 11 is 0. The first-order valence-electron chi connectivity index (χ1n) is 6.18. The van der Waals surface area contributed by atoms with Gasteiger partial charge in [0, 0.05) is 17.9 Å². The van der Waals surface area contributed by atoms with Gasteiger partial charge in [-0.05, 0) is 31.0 Å². The van der Waals surface area contributed by atoms with Crippen LogP contribution in [0.3, 0.4) is 0 Å². The van der Waals surface area contributed by atoms with Crippen LogP contribution in [0.25, 0.3) is 0 Å². The molecule has 1 unspecified atom stereocenters. The van der Waals surface area contributed by atoms with E-state index >= 15 is 0 Å². The fourth-order valence-electron chi connectivity index (χ4n) is 2.54. The molecule has 0 bridgehead atoms. The Labute approximate surface area is 106 Å². The van der Waals surface area contributed by atoms with E-state index in [-0.39, 0.29) is 0 Å². The third kappa shape index (κ3) is 1.75. The number of nitrogens with two attached hydrogens (primary N) is 1. The van der Waals surface area contributed by atoms with Crippen LogP contribution in [0, 0.1) is 0 Å². The lowest BCUT2D eigenvalue weighted by molar-refractivity contribution is 0.743. The number of fused-ring (bicyclic) bond motifs is 1. The summed E-state index contributed by atoms with van der Waals surface area (Å²) in [5.74, 6) is 1.62. The van der Waals surface area contributed by atoms with Crippen LogP contribution in [0.15, 0.2) is 36.5 Å². The Balaban J connectivity index is 2.06. The molecule has 1 atom stereocenters. The summed E-state index contributed by atoms with van der Waals surface area (Å²) in [5.41, 5.74) is 8.22. The number of hydrogen-bond acceptors (Lipinski definition) is 4. The van der Waals surface area contributed by atoms with E-state index in [1.165, 1.54) is 11.3 Å². The lowest BCUT2D eigenvalue weighted by atomic mass is 10.1. The molecular formula is C14H16N4. The molecule has 92 valence electrons. The first kappa shape index (κ1) is 11.2. The van der Waals surface area contributed by atoms with E-state index in [9.17, 15) is 0 Å². The van der Waals surface area contributed by atoms with E-state index in [4.69, 9.17) is 5.73 Å². The van der Waals surface area contributed by atoms with Gasteiger partial charge in [0.2, 0.25) is 0 Å². The highest BCUT2D eigenvalue weighted by molar-refractivity contribution is 5.68. The minimum Gasteiger partial charge on any atom is -0.324 e. The maximum atomic E-state index is 5.60. The second-order valence-electron chi connectivity index (χ2n) is 4.59.